The molecule has 5 heteroatoms. The molecule has 0 atom stereocenters. The lowest BCUT2D eigenvalue weighted by atomic mass is 10.1. The number of halogens is 1. The first-order valence-corrected chi connectivity index (χ1v) is 7.19. The van der Waals surface area contributed by atoms with Gasteiger partial charge in [0.25, 0.3) is 0 Å². The van der Waals surface area contributed by atoms with E-state index >= 15 is 0 Å². The number of nitrogens with one attached hydrogen (secondary N) is 1. The van der Waals surface area contributed by atoms with Gasteiger partial charge < -0.3 is 0 Å². The van der Waals surface area contributed by atoms with Crippen LogP contribution >= 0.6 is 11.6 Å². The van der Waals surface area contributed by atoms with E-state index in [1.54, 1.807) is 30.3 Å². The van der Waals surface area contributed by atoms with Crippen LogP contribution in [0.25, 0.3) is 11.1 Å². The Balaban J connectivity index is 2.43. The number of hydrogen-bond donors (Lipinski definition) is 1. The second-order valence-electron chi connectivity index (χ2n) is 3.71. The second-order valence-corrected chi connectivity index (χ2v) is 6.01. The first kappa shape index (κ1) is 13.1. The molecule has 0 unspecified atom stereocenters. The molecule has 0 aliphatic carbocycles. The lowest BCUT2D eigenvalue weighted by Crippen LogP contribution is -2.18. The normalized spacial score (nSPS) is 11.4. The van der Waals surface area contributed by atoms with E-state index in [1.165, 1.54) is 7.05 Å². The molecular weight excluding hydrogens is 270 g/mol. The average molecular weight is 282 g/mol. The van der Waals surface area contributed by atoms with E-state index in [1.807, 2.05) is 18.2 Å². The zero-order valence-corrected chi connectivity index (χ0v) is 11.3. The lowest BCUT2D eigenvalue weighted by molar-refractivity contribution is 0.588. The molecule has 0 radical (unpaired) electrons. The van der Waals surface area contributed by atoms with Crippen LogP contribution in [0, 0.1) is 0 Å². The third-order valence-electron chi connectivity index (χ3n) is 2.62. The van der Waals surface area contributed by atoms with Crippen LogP contribution < -0.4 is 4.72 Å². The lowest BCUT2D eigenvalue weighted by Gasteiger charge is -2.06. The van der Waals surface area contributed by atoms with Crippen molar-refractivity contribution < 1.29 is 8.42 Å². The predicted octanol–water partition coefficient (Wildman–Crippen LogP) is 2.92. The van der Waals surface area contributed by atoms with Crippen molar-refractivity contribution in [2.45, 2.75) is 4.90 Å². The van der Waals surface area contributed by atoms with Gasteiger partial charge in [-0.15, -0.1) is 0 Å². The van der Waals surface area contributed by atoms with E-state index in [2.05, 4.69) is 4.72 Å². The summed E-state index contributed by atoms with van der Waals surface area (Å²) in [5, 5.41) is 0.640. The quantitative estimate of drug-likeness (QED) is 0.940. The third-order valence-corrected chi connectivity index (χ3v) is 4.38. The van der Waals surface area contributed by atoms with Gasteiger partial charge in [-0.2, -0.15) is 0 Å². The molecule has 1 N–H and O–H groups in total. The maximum Gasteiger partial charge on any atom is 0.240 e. The van der Waals surface area contributed by atoms with Crippen molar-refractivity contribution in [3.05, 3.63) is 53.6 Å². The van der Waals surface area contributed by atoms with Crippen LogP contribution in [0.2, 0.25) is 5.02 Å². The van der Waals surface area contributed by atoms with Gasteiger partial charge in [0.05, 0.1) is 4.90 Å². The molecule has 2 aromatic rings. The Morgan fingerprint density at radius 1 is 1.00 bits per heavy atom. The number of rotatable bonds is 3. The van der Waals surface area contributed by atoms with Gasteiger partial charge in [0.2, 0.25) is 10.0 Å². The van der Waals surface area contributed by atoms with Crippen LogP contribution in [0.5, 0.6) is 0 Å². The predicted molar refractivity (Wildman–Crippen MR) is 73.1 cm³/mol. The largest absolute Gasteiger partial charge is 0.240 e. The fourth-order valence-corrected chi connectivity index (χ4v) is 2.60. The average Bonchev–Trinajstić information content (AvgIpc) is 2.39. The zero-order chi connectivity index (χ0) is 13.2. The van der Waals surface area contributed by atoms with Crippen LogP contribution in [0.3, 0.4) is 0 Å². The highest BCUT2D eigenvalue weighted by Crippen LogP contribution is 2.28. The Morgan fingerprint density at radius 2 is 1.61 bits per heavy atom. The molecule has 0 saturated heterocycles. The van der Waals surface area contributed by atoms with Gasteiger partial charge in [0.15, 0.2) is 0 Å². The van der Waals surface area contributed by atoms with Crippen molar-refractivity contribution >= 4 is 21.6 Å². The first-order valence-electron chi connectivity index (χ1n) is 5.33. The molecule has 0 saturated carbocycles. The standard InChI is InChI=1S/C13H12ClNO2S/c1-15-18(16,17)11-8-6-10(7-9-11)12-4-2-3-5-13(12)14/h2-9,15H,1H3. The Hall–Kier alpha value is -1.36. The summed E-state index contributed by atoms with van der Waals surface area (Å²) in [6, 6.07) is 14.0. The minimum absolute atomic E-state index is 0.237. The molecule has 0 bridgehead atoms. The van der Waals surface area contributed by atoms with Gasteiger partial charge in [-0.05, 0) is 30.8 Å². The molecule has 3 nitrogen and oxygen atoms in total. The Kier molecular flexibility index (Phi) is 3.71. The molecule has 0 amide bonds. The summed E-state index contributed by atoms with van der Waals surface area (Å²) in [5.74, 6) is 0. The molecule has 0 heterocycles. The third kappa shape index (κ3) is 2.56. The van der Waals surface area contributed by atoms with E-state index in [-0.39, 0.29) is 4.90 Å². The summed E-state index contributed by atoms with van der Waals surface area (Å²) >= 11 is 6.09. The van der Waals surface area contributed by atoms with Gasteiger partial charge in [0, 0.05) is 10.6 Å². The van der Waals surface area contributed by atoms with Gasteiger partial charge >= 0.3 is 0 Å². The van der Waals surface area contributed by atoms with Gasteiger partial charge in [-0.25, -0.2) is 13.1 Å². The highest BCUT2D eigenvalue weighted by Gasteiger charge is 2.11. The monoisotopic (exact) mass is 281 g/mol. The zero-order valence-electron chi connectivity index (χ0n) is 9.72. The van der Waals surface area contributed by atoms with Crippen molar-refractivity contribution in [1.82, 2.24) is 4.72 Å². The molecular formula is C13H12ClNO2S. The second kappa shape index (κ2) is 5.10. The summed E-state index contributed by atoms with van der Waals surface area (Å²) < 4.78 is 25.4. The summed E-state index contributed by atoms with van der Waals surface area (Å²) in [4.78, 5) is 0.237. The Morgan fingerprint density at radius 3 is 2.17 bits per heavy atom. The summed E-state index contributed by atoms with van der Waals surface area (Å²) in [7, 11) is -2.00. The molecule has 0 aliphatic rings. The molecule has 2 rings (SSSR count). The molecule has 94 valence electrons. The fraction of sp³-hybridized carbons (Fsp3) is 0.0769. The molecule has 0 aromatic heterocycles. The van der Waals surface area contributed by atoms with E-state index in [0.29, 0.717) is 5.02 Å². The number of benzene rings is 2. The SMILES string of the molecule is CNS(=O)(=O)c1ccc(-c2ccccc2Cl)cc1. The number of sulfonamides is 1. The molecule has 0 fully saturated rings. The summed E-state index contributed by atoms with van der Waals surface area (Å²) in [6.07, 6.45) is 0. The Labute approximate surface area is 111 Å². The van der Waals surface area contributed by atoms with E-state index < -0.39 is 10.0 Å². The summed E-state index contributed by atoms with van der Waals surface area (Å²) in [5.41, 5.74) is 1.77. The van der Waals surface area contributed by atoms with Crippen molar-refractivity contribution in [2.24, 2.45) is 0 Å². The van der Waals surface area contributed by atoms with Gasteiger partial charge in [-0.3, -0.25) is 0 Å². The van der Waals surface area contributed by atoms with Crippen molar-refractivity contribution in [1.29, 1.82) is 0 Å². The van der Waals surface area contributed by atoms with Crippen LogP contribution in [0.15, 0.2) is 53.4 Å². The minimum Gasteiger partial charge on any atom is -0.214 e. The van der Waals surface area contributed by atoms with Crippen molar-refractivity contribution in [3.8, 4) is 11.1 Å². The van der Waals surface area contributed by atoms with Crippen molar-refractivity contribution in [3.63, 3.8) is 0 Å². The Bertz CT molecular complexity index is 651. The van der Waals surface area contributed by atoms with Gasteiger partial charge in [0.1, 0.15) is 0 Å². The summed E-state index contributed by atoms with van der Waals surface area (Å²) in [6.45, 7) is 0. The van der Waals surface area contributed by atoms with Crippen LogP contribution in [0.4, 0.5) is 0 Å². The molecule has 2 aromatic carbocycles. The first-order chi connectivity index (χ1) is 8.54. The van der Waals surface area contributed by atoms with Gasteiger partial charge in [-0.1, -0.05) is 41.9 Å². The van der Waals surface area contributed by atoms with E-state index in [0.717, 1.165) is 11.1 Å². The molecule has 0 aliphatic heterocycles. The maximum absolute atomic E-state index is 11.6. The highest BCUT2D eigenvalue weighted by molar-refractivity contribution is 7.89. The molecule has 18 heavy (non-hydrogen) atoms. The molecule has 0 spiro atoms. The fourth-order valence-electron chi connectivity index (χ4n) is 1.63. The van der Waals surface area contributed by atoms with Crippen LogP contribution in [0.1, 0.15) is 0 Å². The van der Waals surface area contributed by atoms with Crippen LogP contribution in [-0.4, -0.2) is 15.5 Å². The minimum atomic E-state index is -3.39. The topological polar surface area (TPSA) is 46.2 Å². The number of hydrogen-bond acceptors (Lipinski definition) is 2. The van der Waals surface area contributed by atoms with Crippen LogP contribution in [-0.2, 0) is 10.0 Å². The smallest absolute Gasteiger partial charge is 0.214 e. The highest BCUT2D eigenvalue weighted by atomic mass is 35.5. The van der Waals surface area contributed by atoms with E-state index in [9.17, 15) is 8.42 Å². The van der Waals surface area contributed by atoms with Crippen molar-refractivity contribution in [2.75, 3.05) is 7.05 Å². The van der Waals surface area contributed by atoms with E-state index in [4.69, 9.17) is 11.6 Å². The maximum atomic E-state index is 11.6.